The fourth-order valence-electron chi connectivity index (χ4n) is 3.41. The lowest BCUT2D eigenvalue weighted by Crippen LogP contribution is -2.32. The van der Waals surface area contributed by atoms with E-state index in [4.69, 9.17) is 4.74 Å². The first-order valence-electron chi connectivity index (χ1n) is 9.33. The Hall–Kier alpha value is -3.47. The molecule has 1 amide bonds. The number of amidine groups is 1. The van der Waals surface area contributed by atoms with E-state index in [1.165, 1.54) is 28.5 Å². The molecule has 1 aliphatic heterocycles. The number of ether oxygens (including phenoxy) is 1. The first-order chi connectivity index (χ1) is 13.8. The standard InChI is InChI=1S/C23H21N3O2/c1-2-28-23(25-22(27)17-10-7-13-24-14-17)26-15-18-8-3-5-11-20(18)21-12-6-4-9-19(21)16-26/h3-14H,2,15-16H2,1H3. The third kappa shape index (κ3) is 3.64. The van der Waals surface area contributed by atoms with Crippen LogP contribution in [0, 0.1) is 0 Å². The van der Waals surface area contributed by atoms with Gasteiger partial charge in [-0.1, -0.05) is 48.5 Å². The normalized spacial score (nSPS) is 13.3. The summed E-state index contributed by atoms with van der Waals surface area (Å²) in [5, 5.41) is 0. The van der Waals surface area contributed by atoms with Crippen LogP contribution in [0.25, 0.3) is 11.1 Å². The van der Waals surface area contributed by atoms with Crippen LogP contribution in [0.5, 0.6) is 0 Å². The quantitative estimate of drug-likeness (QED) is 0.498. The van der Waals surface area contributed by atoms with Crippen molar-refractivity contribution in [3.8, 4) is 11.1 Å². The molecule has 0 unspecified atom stereocenters. The fourth-order valence-corrected chi connectivity index (χ4v) is 3.41. The van der Waals surface area contributed by atoms with Gasteiger partial charge >= 0.3 is 0 Å². The highest BCUT2D eigenvalue weighted by Crippen LogP contribution is 2.32. The van der Waals surface area contributed by atoms with Crippen molar-refractivity contribution in [2.45, 2.75) is 20.0 Å². The molecule has 0 aliphatic carbocycles. The van der Waals surface area contributed by atoms with Gasteiger partial charge in [0.1, 0.15) is 0 Å². The van der Waals surface area contributed by atoms with E-state index >= 15 is 0 Å². The average Bonchev–Trinajstić information content (AvgIpc) is 2.91. The summed E-state index contributed by atoms with van der Waals surface area (Å²) in [5.74, 6) is -0.359. The van der Waals surface area contributed by atoms with Crippen molar-refractivity contribution in [1.82, 2.24) is 9.88 Å². The second kappa shape index (κ2) is 8.05. The van der Waals surface area contributed by atoms with E-state index < -0.39 is 0 Å². The summed E-state index contributed by atoms with van der Waals surface area (Å²) in [6, 6.07) is 20.4. The summed E-state index contributed by atoms with van der Waals surface area (Å²) in [4.78, 5) is 22.9. The Morgan fingerprint density at radius 3 is 2.21 bits per heavy atom. The smallest absolute Gasteiger partial charge is 0.296 e. The first-order valence-corrected chi connectivity index (χ1v) is 9.33. The molecule has 5 heteroatoms. The molecule has 0 fully saturated rings. The molecule has 3 aromatic rings. The highest BCUT2D eigenvalue weighted by Gasteiger charge is 2.23. The summed E-state index contributed by atoms with van der Waals surface area (Å²) in [6.07, 6.45) is 3.15. The third-order valence-corrected chi connectivity index (χ3v) is 4.70. The Balaban J connectivity index is 1.74. The minimum Gasteiger partial charge on any atom is -0.465 e. The molecule has 0 N–H and O–H groups in total. The number of aliphatic imine (C=N–C) groups is 1. The Bertz CT molecular complexity index is 968. The molecule has 1 aliphatic rings. The Morgan fingerprint density at radius 1 is 1.00 bits per heavy atom. The third-order valence-electron chi connectivity index (χ3n) is 4.70. The summed E-state index contributed by atoms with van der Waals surface area (Å²) in [6.45, 7) is 3.55. The topological polar surface area (TPSA) is 54.8 Å². The molecule has 140 valence electrons. The van der Waals surface area contributed by atoms with Crippen LogP contribution in [0.15, 0.2) is 78.0 Å². The first kappa shape index (κ1) is 17.9. The van der Waals surface area contributed by atoms with Gasteiger partial charge in [-0.15, -0.1) is 0 Å². The Morgan fingerprint density at radius 2 is 1.64 bits per heavy atom. The van der Waals surface area contributed by atoms with Crippen LogP contribution in [0.3, 0.4) is 0 Å². The van der Waals surface area contributed by atoms with Crippen molar-refractivity contribution in [3.63, 3.8) is 0 Å². The highest BCUT2D eigenvalue weighted by molar-refractivity contribution is 6.01. The van der Waals surface area contributed by atoms with Crippen LogP contribution in [-0.4, -0.2) is 28.4 Å². The van der Waals surface area contributed by atoms with E-state index in [0.29, 0.717) is 31.3 Å². The maximum absolute atomic E-state index is 12.6. The van der Waals surface area contributed by atoms with E-state index in [2.05, 4.69) is 46.4 Å². The van der Waals surface area contributed by atoms with E-state index in [0.717, 1.165) is 0 Å². The molecule has 0 spiro atoms. The zero-order chi connectivity index (χ0) is 19.3. The predicted molar refractivity (Wildman–Crippen MR) is 109 cm³/mol. The minimum atomic E-state index is -0.359. The Kier molecular flexibility index (Phi) is 5.15. The molecule has 5 nitrogen and oxygen atoms in total. The number of pyridine rings is 1. The van der Waals surface area contributed by atoms with E-state index in [1.807, 2.05) is 24.0 Å². The van der Waals surface area contributed by atoms with E-state index in [-0.39, 0.29) is 5.91 Å². The monoisotopic (exact) mass is 371 g/mol. The summed E-state index contributed by atoms with van der Waals surface area (Å²) < 4.78 is 5.79. The minimum absolute atomic E-state index is 0.336. The van der Waals surface area contributed by atoms with Gasteiger partial charge in [0.15, 0.2) is 0 Å². The molecular weight excluding hydrogens is 350 g/mol. The summed E-state index contributed by atoms with van der Waals surface area (Å²) >= 11 is 0. The molecule has 0 radical (unpaired) electrons. The summed E-state index contributed by atoms with van der Waals surface area (Å²) in [7, 11) is 0. The molecule has 1 aromatic heterocycles. The van der Waals surface area contributed by atoms with Gasteiger partial charge in [-0.3, -0.25) is 9.78 Å². The van der Waals surface area contributed by atoms with Gasteiger partial charge < -0.3 is 9.64 Å². The molecule has 0 saturated carbocycles. The Labute approximate surface area is 164 Å². The molecule has 2 heterocycles. The van der Waals surface area contributed by atoms with Crippen molar-refractivity contribution >= 4 is 11.9 Å². The van der Waals surface area contributed by atoms with Gasteiger partial charge in [-0.05, 0) is 41.3 Å². The zero-order valence-corrected chi connectivity index (χ0v) is 15.7. The molecular formula is C23H21N3O2. The second-order valence-electron chi connectivity index (χ2n) is 6.54. The fraction of sp³-hybridized carbons (Fsp3) is 0.174. The van der Waals surface area contributed by atoms with E-state index in [1.54, 1.807) is 18.3 Å². The van der Waals surface area contributed by atoms with Gasteiger partial charge in [0.25, 0.3) is 11.9 Å². The lowest BCUT2D eigenvalue weighted by Gasteiger charge is -2.24. The number of nitrogens with zero attached hydrogens (tertiary/aromatic N) is 3. The van der Waals surface area contributed by atoms with Crippen LogP contribution in [0.4, 0.5) is 0 Å². The van der Waals surface area contributed by atoms with Crippen molar-refractivity contribution in [2.75, 3.05) is 6.61 Å². The number of carbonyl (C=O) groups is 1. The van der Waals surface area contributed by atoms with Crippen LogP contribution >= 0.6 is 0 Å². The van der Waals surface area contributed by atoms with Crippen LogP contribution < -0.4 is 0 Å². The lowest BCUT2D eigenvalue weighted by molar-refractivity contribution is 0.0993. The zero-order valence-electron chi connectivity index (χ0n) is 15.7. The number of hydrogen-bond acceptors (Lipinski definition) is 3. The predicted octanol–water partition coefficient (Wildman–Crippen LogP) is 4.30. The second-order valence-corrected chi connectivity index (χ2v) is 6.54. The molecule has 2 aromatic carbocycles. The molecule has 0 atom stereocenters. The molecule has 28 heavy (non-hydrogen) atoms. The van der Waals surface area contributed by atoms with Gasteiger partial charge in [0.05, 0.1) is 12.2 Å². The lowest BCUT2D eigenvalue weighted by atomic mass is 9.97. The molecule has 0 bridgehead atoms. The van der Waals surface area contributed by atoms with E-state index in [9.17, 15) is 4.79 Å². The van der Waals surface area contributed by atoms with Crippen LogP contribution in [0.2, 0.25) is 0 Å². The largest absolute Gasteiger partial charge is 0.465 e. The maximum Gasteiger partial charge on any atom is 0.296 e. The number of fused-ring (bicyclic) bond motifs is 3. The average molecular weight is 371 g/mol. The molecule has 4 rings (SSSR count). The number of carbonyl (C=O) groups excluding carboxylic acids is 1. The maximum atomic E-state index is 12.6. The number of amides is 1. The highest BCUT2D eigenvalue weighted by atomic mass is 16.5. The number of rotatable bonds is 2. The number of benzene rings is 2. The summed E-state index contributed by atoms with van der Waals surface area (Å²) in [5.41, 5.74) is 5.20. The van der Waals surface area contributed by atoms with Gasteiger partial charge in [-0.25, -0.2) is 0 Å². The van der Waals surface area contributed by atoms with Crippen LogP contribution in [-0.2, 0) is 17.8 Å². The number of aromatic nitrogens is 1. The van der Waals surface area contributed by atoms with Gasteiger partial charge in [-0.2, -0.15) is 4.99 Å². The van der Waals surface area contributed by atoms with Crippen molar-refractivity contribution in [2.24, 2.45) is 4.99 Å². The van der Waals surface area contributed by atoms with Crippen molar-refractivity contribution in [1.29, 1.82) is 0 Å². The van der Waals surface area contributed by atoms with Gasteiger partial charge in [0.2, 0.25) is 0 Å². The molecule has 0 saturated heterocycles. The number of hydrogen-bond donors (Lipinski definition) is 0. The van der Waals surface area contributed by atoms with Crippen molar-refractivity contribution in [3.05, 3.63) is 89.7 Å². The van der Waals surface area contributed by atoms with Crippen molar-refractivity contribution < 1.29 is 9.53 Å². The SMILES string of the molecule is CCOC(=NC(=O)c1cccnc1)N1Cc2ccccc2-c2ccccc2C1. The van der Waals surface area contributed by atoms with Gasteiger partial charge in [0, 0.05) is 25.5 Å². The van der Waals surface area contributed by atoms with Crippen LogP contribution in [0.1, 0.15) is 28.4 Å².